The van der Waals surface area contributed by atoms with Gasteiger partial charge in [0, 0.05) is 18.0 Å². The molecule has 0 unspecified atom stereocenters. The molecule has 1 aromatic heterocycles. The molecule has 0 saturated heterocycles. The number of anilines is 1. The highest BCUT2D eigenvalue weighted by molar-refractivity contribution is 7.90. The van der Waals surface area contributed by atoms with E-state index < -0.39 is 9.84 Å². The first-order chi connectivity index (χ1) is 13.7. The van der Waals surface area contributed by atoms with Crippen molar-refractivity contribution in [3.05, 3.63) is 66.7 Å². The zero-order valence-corrected chi connectivity index (χ0v) is 17.3. The van der Waals surface area contributed by atoms with Crippen LogP contribution >= 0.6 is 0 Å². The number of benzene rings is 2. The summed E-state index contributed by atoms with van der Waals surface area (Å²) in [5.74, 6) is -0.218. The monoisotopic (exact) mass is 413 g/mol. The van der Waals surface area contributed by atoms with E-state index >= 15 is 0 Å². The molecule has 3 rings (SSSR count). The van der Waals surface area contributed by atoms with Gasteiger partial charge in [0.1, 0.15) is 12.7 Å². The summed E-state index contributed by atoms with van der Waals surface area (Å²) >= 11 is 0. The molecule has 0 saturated carbocycles. The Hall–Kier alpha value is -3.04. The number of amides is 1. The molecule has 1 atom stereocenters. The van der Waals surface area contributed by atoms with Crippen LogP contribution in [-0.4, -0.2) is 53.8 Å². The molecule has 152 valence electrons. The predicted molar refractivity (Wildman–Crippen MR) is 111 cm³/mol. The number of likely N-dealkylation sites (N-methyl/N-ethyl adjacent to an activating group) is 1. The minimum absolute atomic E-state index is 0.00732. The minimum atomic E-state index is -3.33. The number of hydrogen-bond donors (Lipinski definition) is 1. The van der Waals surface area contributed by atoms with E-state index in [1.807, 2.05) is 43.1 Å². The molecule has 0 bridgehead atoms. The van der Waals surface area contributed by atoms with Crippen LogP contribution in [0.25, 0.3) is 5.69 Å². The first-order valence-corrected chi connectivity index (χ1v) is 10.9. The molecule has 3 aromatic rings. The van der Waals surface area contributed by atoms with Crippen LogP contribution in [-0.2, 0) is 14.6 Å². The molecule has 2 aromatic carbocycles. The molecule has 8 nitrogen and oxygen atoms in total. The molecular formula is C20H23N5O3S. The Morgan fingerprint density at radius 1 is 1.21 bits per heavy atom. The summed E-state index contributed by atoms with van der Waals surface area (Å²) in [6, 6.07) is 14.1. The van der Waals surface area contributed by atoms with Gasteiger partial charge in [-0.25, -0.2) is 18.1 Å². The summed E-state index contributed by atoms with van der Waals surface area (Å²) in [5.41, 5.74) is 2.42. The van der Waals surface area contributed by atoms with Gasteiger partial charge >= 0.3 is 0 Å². The normalized spacial score (nSPS) is 12.7. The Morgan fingerprint density at radius 2 is 1.93 bits per heavy atom. The molecule has 1 N–H and O–H groups in total. The molecular weight excluding hydrogens is 390 g/mol. The Labute approximate surface area is 170 Å². The molecule has 0 aliphatic carbocycles. The third-order valence-corrected chi connectivity index (χ3v) is 5.77. The summed E-state index contributed by atoms with van der Waals surface area (Å²) in [7, 11) is -1.46. The van der Waals surface area contributed by atoms with E-state index in [9.17, 15) is 13.2 Å². The molecule has 1 heterocycles. The van der Waals surface area contributed by atoms with Crippen molar-refractivity contribution in [3.8, 4) is 5.69 Å². The number of carbonyl (C=O) groups is 1. The number of rotatable bonds is 7. The fraction of sp³-hybridized carbons (Fsp3) is 0.250. The third kappa shape index (κ3) is 5.27. The van der Waals surface area contributed by atoms with Crippen molar-refractivity contribution < 1.29 is 13.2 Å². The Bertz CT molecular complexity index is 1080. The number of nitrogens with one attached hydrogen (secondary N) is 1. The largest absolute Gasteiger partial charge is 0.325 e. The summed E-state index contributed by atoms with van der Waals surface area (Å²) in [5, 5.41) is 6.86. The van der Waals surface area contributed by atoms with E-state index in [4.69, 9.17) is 0 Å². The van der Waals surface area contributed by atoms with Gasteiger partial charge in [-0.15, -0.1) is 0 Å². The number of aromatic nitrogens is 3. The van der Waals surface area contributed by atoms with E-state index in [0.29, 0.717) is 5.69 Å². The maximum Gasteiger partial charge on any atom is 0.238 e. The van der Waals surface area contributed by atoms with Crippen LogP contribution in [0.3, 0.4) is 0 Å². The Kier molecular flexibility index (Phi) is 6.09. The highest BCUT2D eigenvalue weighted by atomic mass is 32.2. The van der Waals surface area contributed by atoms with Crippen LogP contribution in [0.5, 0.6) is 0 Å². The number of nitrogens with zero attached hydrogens (tertiary/aromatic N) is 4. The second kappa shape index (κ2) is 8.54. The third-order valence-electron chi connectivity index (χ3n) is 4.66. The molecule has 1 amide bonds. The smallest absolute Gasteiger partial charge is 0.238 e. The number of hydrogen-bond acceptors (Lipinski definition) is 6. The van der Waals surface area contributed by atoms with Crippen molar-refractivity contribution in [2.45, 2.75) is 17.9 Å². The predicted octanol–water partition coefficient (Wildman–Crippen LogP) is 2.30. The van der Waals surface area contributed by atoms with Gasteiger partial charge in [-0.3, -0.25) is 9.69 Å². The fourth-order valence-electron chi connectivity index (χ4n) is 2.87. The van der Waals surface area contributed by atoms with Gasteiger partial charge in [0.2, 0.25) is 5.91 Å². The quantitative estimate of drug-likeness (QED) is 0.638. The summed E-state index contributed by atoms with van der Waals surface area (Å²) in [6.07, 6.45) is 4.25. The molecule has 0 spiro atoms. The number of sulfone groups is 1. The maximum atomic E-state index is 12.4. The first-order valence-electron chi connectivity index (χ1n) is 8.99. The zero-order chi connectivity index (χ0) is 21.0. The van der Waals surface area contributed by atoms with Crippen LogP contribution in [0.2, 0.25) is 0 Å². The molecule has 0 radical (unpaired) electrons. The summed E-state index contributed by atoms with van der Waals surface area (Å²) < 4.78 is 25.0. The number of carbonyl (C=O) groups excluding carboxylic acids is 1. The zero-order valence-electron chi connectivity index (χ0n) is 16.5. The second-order valence-electron chi connectivity index (χ2n) is 6.87. The van der Waals surface area contributed by atoms with Gasteiger partial charge in [0.05, 0.1) is 17.1 Å². The molecule has 0 aliphatic rings. The lowest BCUT2D eigenvalue weighted by Gasteiger charge is -2.24. The van der Waals surface area contributed by atoms with Crippen molar-refractivity contribution in [1.82, 2.24) is 19.7 Å². The molecule has 0 fully saturated rings. The van der Waals surface area contributed by atoms with E-state index in [2.05, 4.69) is 15.4 Å². The minimum Gasteiger partial charge on any atom is -0.325 e. The standard InChI is InChI=1S/C20H23N5O3S/c1-15(16-7-9-18(10-8-16)25-14-21-13-22-25)24(2)12-20(26)23-17-5-4-6-19(11-17)29(3,27)28/h4-11,13-15H,12H2,1-3H3,(H,23,26)/t15-/m1/s1. The molecule has 0 aliphatic heterocycles. The second-order valence-corrected chi connectivity index (χ2v) is 8.89. The van der Waals surface area contributed by atoms with Crippen molar-refractivity contribution in [2.24, 2.45) is 0 Å². The summed E-state index contributed by atoms with van der Waals surface area (Å²) in [4.78, 5) is 18.4. The Morgan fingerprint density at radius 3 is 2.55 bits per heavy atom. The van der Waals surface area contributed by atoms with Crippen molar-refractivity contribution in [2.75, 3.05) is 25.2 Å². The highest BCUT2D eigenvalue weighted by Gasteiger charge is 2.16. The average molecular weight is 414 g/mol. The van der Waals surface area contributed by atoms with Crippen LogP contribution in [0.4, 0.5) is 5.69 Å². The van der Waals surface area contributed by atoms with Crippen LogP contribution < -0.4 is 5.32 Å². The topological polar surface area (TPSA) is 97.2 Å². The van der Waals surface area contributed by atoms with Gasteiger partial charge in [-0.05, 0) is 49.9 Å². The molecule has 29 heavy (non-hydrogen) atoms. The average Bonchev–Trinajstić information content (AvgIpc) is 3.22. The first kappa shape index (κ1) is 20.7. The van der Waals surface area contributed by atoms with Gasteiger partial charge in [0.15, 0.2) is 9.84 Å². The molecule has 9 heteroatoms. The Balaban J connectivity index is 1.62. The van der Waals surface area contributed by atoms with Crippen LogP contribution in [0.15, 0.2) is 66.1 Å². The van der Waals surface area contributed by atoms with E-state index in [1.54, 1.807) is 23.1 Å². The summed E-state index contributed by atoms with van der Waals surface area (Å²) in [6.45, 7) is 2.18. The van der Waals surface area contributed by atoms with Crippen LogP contribution in [0.1, 0.15) is 18.5 Å². The lowest BCUT2D eigenvalue weighted by atomic mass is 10.1. The van der Waals surface area contributed by atoms with E-state index in [-0.39, 0.29) is 23.4 Å². The highest BCUT2D eigenvalue weighted by Crippen LogP contribution is 2.20. The van der Waals surface area contributed by atoms with Gasteiger partial charge in [-0.2, -0.15) is 5.10 Å². The SMILES string of the molecule is C[C@H](c1ccc(-n2cncn2)cc1)N(C)CC(=O)Nc1cccc(S(C)(=O)=O)c1. The van der Waals surface area contributed by atoms with Gasteiger partial charge in [0.25, 0.3) is 0 Å². The maximum absolute atomic E-state index is 12.4. The van der Waals surface area contributed by atoms with Crippen molar-refractivity contribution in [1.29, 1.82) is 0 Å². The lowest BCUT2D eigenvalue weighted by molar-refractivity contribution is -0.117. The lowest BCUT2D eigenvalue weighted by Crippen LogP contribution is -2.32. The van der Waals surface area contributed by atoms with Crippen molar-refractivity contribution >= 4 is 21.4 Å². The van der Waals surface area contributed by atoms with Crippen molar-refractivity contribution in [3.63, 3.8) is 0 Å². The van der Waals surface area contributed by atoms with Gasteiger partial charge < -0.3 is 5.32 Å². The van der Waals surface area contributed by atoms with Gasteiger partial charge in [-0.1, -0.05) is 18.2 Å². The van der Waals surface area contributed by atoms with Crippen LogP contribution in [0, 0.1) is 0 Å². The van der Waals surface area contributed by atoms with E-state index in [0.717, 1.165) is 17.5 Å². The van der Waals surface area contributed by atoms with E-state index in [1.165, 1.54) is 18.5 Å². The fourth-order valence-corrected chi connectivity index (χ4v) is 3.54.